The number of hydrogen-bond acceptors (Lipinski definition) is 4. The first-order valence-electron chi connectivity index (χ1n) is 2.83. The van der Waals surface area contributed by atoms with Gasteiger partial charge in [-0.2, -0.15) is 10.3 Å². The minimum Gasteiger partial charge on any atom is -0.381 e. The Morgan fingerprint density at radius 1 is 1.64 bits per heavy atom. The predicted octanol–water partition coefficient (Wildman–Crippen LogP) is -0.337. The van der Waals surface area contributed by atoms with Crippen LogP contribution in [0.4, 0.5) is 0 Å². The van der Waals surface area contributed by atoms with Crippen molar-refractivity contribution in [3.8, 4) is 6.19 Å². The SMILES string of the molecule is N#CN=C(N)c1cnccn1. The molecule has 1 aromatic rings. The number of hydrogen-bond donors (Lipinski definition) is 1. The fraction of sp³-hybridized carbons (Fsp3) is 0. The van der Waals surface area contributed by atoms with Crippen LogP contribution >= 0.6 is 0 Å². The summed E-state index contributed by atoms with van der Waals surface area (Å²) in [4.78, 5) is 10.9. The second kappa shape index (κ2) is 3.27. The molecule has 0 aliphatic carbocycles. The molecule has 1 heterocycles. The summed E-state index contributed by atoms with van der Waals surface area (Å²) in [5, 5.41) is 8.13. The van der Waals surface area contributed by atoms with Crippen molar-refractivity contribution < 1.29 is 0 Å². The molecular weight excluding hydrogens is 142 g/mol. The van der Waals surface area contributed by atoms with E-state index in [1.165, 1.54) is 18.6 Å². The molecule has 0 fully saturated rings. The van der Waals surface area contributed by atoms with Gasteiger partial charge in [0.15, 0.2) is 5.84 Å². The Hall–Kier alpha value is -1.96. The van der Waals surface area contributed by atoms with E-state index in [9.17, 15) is 0 Å². The number of nitriles is 1. The number of nitrogens with two attached hydrogens (primary N) is 1. The zero-order valence-electron chi connectivity index (χ0n) is 5.60. The molecule has 0 unspecified atom stereocenters. The summed E-state index contributed by atoms with van der Waals surface area (Å²) < 4.78 is 0. The van der Waals surface area contributed by atoms with Crippen molar-refractivity contribution in [3.05, 3.63) is 24.3 Å². The van der Waals surface area contributed by atoms with Crippen LogP contribution in [0.25, 0.3) is 0 Å². The van der Waals surface area contributed by atoms with Gasteiger partial charge in [0.25, 0.3) is 0 Å². The Balaban J connectivity index is 2.96. The van der Waals surface area contributed by atoms with Gasteiger partial charge in [0.2, 0.25) is 6.19 Å². The molecule has 0 radical (unpaired) electrons. The molecular formula is C6H5N5. The number of rotatable bonds is 1. The molecule has 11 heavy (non-hydrogen) atoms. The van der Waals surface area contributed by atoms with Crippen molar-refractivity contribution in [1.82, 2.24) is 9.97 Å². The van der Waals surface area contributed by atoms with E-state index >= 15 is 0 Å². The maximum absolute atomic E-state index is 8.13. The van der Waals surface area contributed by atoms with Crippen LogP contribution in [-0.4, -0.2) is 15.8 Å². The van der Waals surface area contributed by atoms with E-state index in [1.54, 1.807) is 6.19 Å². The zero-order valence-corrected chi connectivity index (χ0v) is 5.60. The molecule has 0 saturated heterocycles. The van der Waals surface area contributed by atoms with Crippen molar-refractivity contribution in [2.24, 2.45) is 10.7 Å². The van der Waals surface area contributed by atoms with Crippen LogP contribution in [0.5, 0.6) is 0 Å². The van der Waals surface area contributed by atoms with E-state index < -0.39 is 0 Å². The summed E-state index contributed by atoms with van der Waals surface area (Å²) in [7, 11) is 0. The van der Waals surface area contributed by atoms with Crippen LogP contribution in [0.1, 0.15) is 5.69 Å². The van der Waals surface area contributed by atoms with Gasteiger partial charge in [0, 0.05) is 12.4 Å². The fourth-order valence-electron chi connectivity index (χ4n) is 0.543. The van der Waals surface area contributed by atoms with Gasteiger partial charge >= 0.3 is 0 Å². The third-order valence-corrected chi connectivity index (χ3v) is 0.996. The van der Waals surface area contributed by atoms with Crippen LogP contribution in [0.3, 0.4) is 0 Å². The molecule has 0 spiro atoms. The van der Waals surface area contributed by atoms with Crippen molar-refractivity contribution in [1.29, 1.82) is 5.26 Å². The van der Waals surface area contributed by atoms with E-state index in [1.807, 2.05) is 0 Å². The highest BCUT2D eigenvalue weighted by molar-refractivity contribution is 5.95. The molecule has 54 valence electrons. The average Bonchev–Trinajstić information content (AvgIpc) is 2.07. The standard InChI is InChI=1S/C6H5N5/c7-4-11-6(8)5-3-9-1-2-10-5/h1-3H,(H2,8,11). The first-order valence-corrected chi connectivity index (χ1v) is 2.83. The normalized spacial score (nSPS) is 10.6. The lowest BCUT2D eigenvalue weighted by molar-refractivity contribution is 1.17. The lowest BCUT2D eigenvalue weighted by Crippen LogP contribution is -2.14. The van der Waals surface area contributed by atoms with E-state index in [0.29, 0.717) is 5.69 Å². The minimum atomic E-state index is 0.0839. The molecule has 0 aliphatic heterocycles. The molecule has 1 rings (SSSR count). The van der Waals surface area contributed by atoms with E-state index in [4.69, 9.17) is 11.0 Å². The predicted molar refractivity (Wildman–Crippen MR) is 38.4 cm³/mol. The van der Waals surface area contributed by atoms with Crippen molar-refractivity contribution in [2.45, 2.75) is 0 Å². The van der Waals surface area contributed by atoms with Crippen molar-refractivity contribution >= 4 is 5.84 Å². The lowest BCUT2D eigenvalue weighted by Gasteiger charge is -1.92. The highest BCUT2D eigenvalue weighted by atomic mass is 14.9. The topological polar surface area (TPSA) is 88.0 Å². The molecule has 5 nitrogen and oxygen atoms in total. The first-order chi connectivity index (χ1) is 5.34. The van der Waals surface area contributed by atoms with Crippen LogP contribution in [0, 0.1) is 11.5 Å². The molecule has 1 aromatic heterocycles. The quantitative estimate of drug-likeness (QED) is 0.334. The number of amidine groups is 1. The molecule has 0 saturated carbocycles. The molecule has 0 bridgehead atoms. The smallest absolute Gasteiger partial charge is 0.207 e. The van der Waals surface area contributed by atoms with E-state index in [2.05, 4.69) is 15.0 Å². The van der Waals surface area contributed by atoms with Gasteiger partial charge in [-0.3, -0.25) is 4.98 Å². The van der Waals surface area contributed by atoms with E-state index in [0.717, 1.165) is 0 Å². The number of aromatic nitrogens is 2. The maximum Gasteiger partial charge on any atom is 0.207 e. The van der Waals surface area contributed by atoms with Crippen LogP contribution < -0.4 is 5.73 Å². The second-order valence-electron chi connectivity index (χ2n) is 1.69. The summed E-state index contributed by atoms with van der Waals surface area (Å²) in [5.74, 6) is 0.0839. The molecule has 0 amide bonds. The van der Waals surface area contributed by atoms with Gasteiger partial charge in [-0.15, -0.1) is 0 Å². The lowest BCUT2D eigenvalue weighted by atomic mass is 10.4. The Morgan fingerprint density at radius 3 is 3.00 bits per heavy atom. The Kier molecular flexibility index (Phi) is 2.13. The van der Waals surface area contributed by atoms with Crippen LogP contribution in [-0.2, 0) is 0 Å². The van der Waals surface area contributed by atoms with Crippen LogP contribution in [0.15, 0.2) is 23.6 Å². The van der Waals surface area contributed by atoms with E-state index in [-0.39, 0.29) is 5.84 Å². The Bertz CT molecular complexity index is 296. The average molecular weight is 147 g/mol. The summed E-state index contributed by atoms with van der Waals surface area (Å²) in [5.41, 5.74) is 5.74. The summed E-state index contributed by atoms with van der Waals surface area (Å²) >= 11 is 0. The number of aliphatic imine (C=N–C) groups is 1. The summed E-state index contributed by atoms with van der Waals surface area (Å²) in [6.07, 6.45) is 6.00. The van der Waals surface area contributed by atoms with Gasteiger partial charge in [0.05, 0.1) is 6.20 Å². The van der Waals surface area contributed by atoms with Gasteiger partial charge in [-0.1, -0.05) is 0 Å². The molecule has 0 aliphatic rings. The highest BCUT2D eigenvalue weighted by Gasteiger charge is 1.96. The largest absolute Gasteiger partial charge is 0.381 e. The third kappa shape index (κ3) is 1.72. The number of nitrogens with zero attached hydrogens (tertiary/aromatic N) is 4. The molecule has 0 atom stereocenters. The summed E-state index contributed by atoms with van der Waals surface area (Å²) in [6.45, 7) is 0. The van der Waals surface area contributed by atoms with Gasteiger partial charge in [-0.05, 0) is 0 Å². The minimum absolute atomic E-state index is 0.0839. The summed E-state index contributed by atoms with van der Waals surface area (Å²) in [6, 6.07) is 0. The Labute approximate surface area is 63.2 Å². The monoisotopic (exact) mass is 147 g/mol. The molecule has 0 aromatic carbocycles. The molecule has 2 N–H and O–H groups in total. The fourth-order valence-corrected chi connectivity index (χ4v) is 0.543. The maximum atomic E-state index is 8.13. The highest BCUT2D eigenvalue weighted by Crippen LogP contribution is 1.87. The van der Waals surface area contributed by atoms with Gasteiger partial charge in [-0.25, -0.2) is 4.98 Å². The second-order valence-corrected chi connectivity index (χ2v) is 1.69. The van der Waals surface area contributed by atoms with Crippen LogP contribution in [0.2, 0.25) is 0 Å². The third-order valence-electron chi connectivity index (χ3n) is 0.996. The van der Waals surface area contributed by atoms with Gasteiger partial charge < -0.3 is 5.73 Å². The van der Waals surface area contributed by atoms with Gasteiger partial charge in [0.1, 0.15) is 5.69 Å². The Morgan fingerprint density at radius 2 is 2.45 bits per heavy atom. The van der Waals surface area contributed by atoms with Crippen molar-refractivity contribution in [3.63, 3.8) is 0 Å². The first kappa shape index (κ1) is 7.15. The zero-order chi connectivity index (χ0) is 8.10. The molecule has 5 heteroatoms. The van der Waals surface area contributed by atoms with Crippen molar-refractivity contribution in [2.75, 3.05) is 0 Å².